The second-order valence-electron chi connectivity index (χ2n) is 4.27. The molecule has 1 aromatic heterocycles. The summed E-state index contributed by atoms with van der Waals surface area (Å²) in [6.45, 7) is 2.46. The third-order valence-corrected chi connectivity index (χ3v) is 3.53. The lowest BCUT2D eigenvalue weighted by Gasteiger charge is -2.05. The van der Waals surface area contributed by atoms with Crippen LogP contribution in [0.4, 0.5) is 5.69 Å². The van der Waals surface area contributed by atoms with Crippen molar-refractivity contribution in [2.45, 2.75) is 6.92 Å². The average Bonchev–Trinajstić information content (AvgIpc) is 2.99. The van der Waals surface area contributed by atoms with Gasteiger partial charge < -0.3 is 10.6 Å². The zero-order valence-corrected chi connectivity index (χ0v) is 12.4. The quantitative estimate of drug-likeness (QED) is 0.833. The van der Waals surface area contributed by atoms with Gasteiger partial charge in [0.1, 0.15) is 0 Å². The maximum atomic E-state index is 11.8. The molecule has 2 N–H and O–H groups in total. The molecular weight excluding hydrogens is 284 g/mol. The van der Waals surface area contributed by atoms with Gasteiger partial charge in [-0.15, -0.1) is 11.3 Å². The molecule has 0 fully saturated rings. The molecule has 4 nitrogen and oxygen atoms in total. The Bertz CT molecular complexity index is 631. The molecule has 2 rings (SSSR count). The number of carbonyl (C=O) groups is 2. The zero-order valence-electron chi connectivity index (χ0n) is 11.6. The molecule has 0 aliphatic rings. The molecule has 0 saturated carbocycles. The van der Waals surface area contributed by atoms with E-state index in [0.717, 1.165) is 4.88 Å². The van der Waals surface area contributed by atoms with Crippen LogP contribution >= 0.6 is 11.3 Å². The fourth-order valence-corrected chi connectivity index (χ4v) is 2.31. The summed E-state index contributed by atoms with van der Waals surface area (Å²) in [5.74, 6) is -0.317. The number of amides is 2. The van der Waals surface area contributed by atoms with Gasteiger partial charge in [0.25, 0.3) is 5.91 Å². The number of hydrogen-bond acceptors (Lipinski definition) is 3. The highest BCUT2D eigenvalue weighted by Gasteiger charge is 2.04. The van der Waals surface area contributed by atoms with Crippen LogP contribution in [-0.2, 0) is 4.79 Å². The average molecular weight is 300 g/mol. The first-order valence-corrected chi connectivity index (χ1v) is 7.48. The Morgan fingerprint density at radius 3 is 2.57 bits per heavy atom. The van der Waals surface area contributed by atoms with Crippen LogP contribution in [0.1, 0.15) is 22.2 Å². The molecule has 0 unspecified atom stereocenters. The number of carbonyl (C=O) groups excluding carboxylic acids is 2. The van der Waals surface area contributed by atoms with Gasteiger partial charge in [-0.25, -0.2) is 0 Å². The molecule has 1 aromatic carbocycles. The van der Waals surface area contributed by atoms with Crippen LogP contribution < -0.4 is 10.6 Å². The van der Waals surface area contributed by atoms with Crippen LogP contribution in [0.15, 0.2) is 47.9 Å². The minimum Gasteiger partial charge on any atom is -0.352 e. The van der Waals surface area contributed by atoms with E-state index in [4.69, 9.17) is 0 Å². The van der Waals surface area contributed by atoms with Crippen molar-refractivity contribution in [1.82, 2.24) is 5.32 Å². The number of thiophene rings is 1. The topological polar surface area (TPSA) is 58.2 Å². The van der Waals surface area contributed by atoms with E-state index in [1.165, 1.54) is 6.08 Å². The first-order valence-electron chi connectivity index (χ1n) is 6.60. The van der Waals surface area contributed by atoms with Crippen molar-refractivity contribution in [3.05, 3.63) is 58.3 Å². The lowest BCUT2D eigenvalue weighted by atomic mass is 10.2. The van der Waals surface area contributed by atoms with E-state index in [-0.39, 0.29) is 11.8 Å². The lowest BCUT2D eigenvalue weighted by Crippen LogP contribution is -2.22. The summed E-state index contributed by atoms with van der Waals surface area (Å²) in [6, 6.07) is 10.7. The summed E-state index contributed by atoms with van der Waals surface area (Å²) >= 11 is 1.57. The molecule has 21 heavy (non-hydrogen) atoms. The second-order valence-corrected chi connectivity index (χ2v) is 5.25. The van der Waals surface area contributed by atoms with Crippen molar-refractivity contribution in [3.8, 4) is 0 Å². The molecular formula is C16H16N2O2S. The van der Waals surface area contributed by atoms with Crippen molar-refractivity contribution in [1.29, 1.82) is 0 Å². The van der Waals surface area contributed by atoms with Gasteiger partial charge >= 0.3 is 0 Å². The van der Waals surface area contributed by atoms with Gasteiger partial charge in [-0.3, -0.25) is 9.59 Å². The number of hydrogen-bond donors (Lipinski definition) is 2. The van der Waals surface area contributed by atoms with Gasteiger partial charge in [0, 0.05) is 28.7 Å². The molecule has 2 aromatic rings. The molecule has 0 saturated heterocycles. The predicted molar refractivity (Wildman–Crippen MR) is 86.4 cm³/mol. The monoisotopic (exact) mass is 300 g/mol. The molecule has 0 aliphatic carbocycles. The fraction of sp³-hybridized carbons (Fsp3) is 0.125. The molecule has 5 heteroatoms. The SMILES string of the molecule is CCNC(=O)c1ccc(NC(=O)/C=C/c2cccs2)cc1. The summed E-state index contributed by atoms with van der Waals surface area (Å²) in [4.78, 5) is 24.4. The van der Waals surface area contributed by atoms with Crippen LogP contribution in [0.3, 0.4) is 0 Å². The van der Waals surface area contributed by atoms with E-state index >= 15 is 0 Å². The van der Waals surface area contributed by atoms with Crippen molar-refractivity contribution in [2.75, 3.05) is 11.9 Å². The molecule has 0 bridgehead atoms. The fourth-order valence-electron chi connectivity index (χ4n) is 1.70. The normalized spacial score (nSPS) is 10.5. The molecule has 2 amide bonds. The van der Waals surface area contributed by atoms with Gasteiger partial charge in [-0.05, 0) is 48.7 Å². The third kappa shape index (κ3) is 4.57. The van der Waals surface area contributed by atoms with E-state index in [1.54, 1.807) is 41.7 Å². The van der Waals surface area contributed by atoms with Crippen LogP contribution in [0.5, 0.6) is 0 Å². The third-order valence-electron chi connectivity index (χ3n) is 2.69. The Kier molecular flexibility index (Phi) is 5.29. The predicted octanol–water partition coefficient (Wildman–Crippen LogP) is 3.15. The Hall–Kier alpha value is -2.40. The Labute approximate surface area is 127 Å². The lowest BCUT2D eigenvalue weighted by molar-refractivity contribution is -0.111. The molecule has 0 atom stereocenters. The summed E-state index contributed by atoms with van der Waals surface area (Å²) in [5, 5.41) is 7.43. The Balaban J connectivity index is 1.94. The first kappa shape index (κ1) is 15.0. The van der Waals surface area contributed by atoms with Gasteiger partial charge in [-0.1, -0.05) is 6.07 Å². The minimum absolute atomic E-state index is 0.118. The van der Waals surface area contributed by atoms with E-state index in [1.807, 2.05) is 24.4 Å². The highest BCUT2D eigenvalue weighted by atomic mass is 32.1. The van der Waals surface area contributed by atoms with Gasteiger partial charge in [0.15, 0.2) is 0 Å². The van der Waals surface area contributed by atoms with Gasteiger partial charge in [0.2, 0.25) is 5.91 Å². The first-order chi connectivity index (χ1) is 10.2. The van der Waals surface area contributed by atoms with E-state index < -0.39 is 0 Å². The molecule has 0 aliphatic heterocycles. The van der Waals surface area contributed by atoms with Crippen LogP contribution in [0.2, 0.25) is 0 Å². The summed E-state index contributed by atoms with van der Waals surface area (Å²) < 4.78 is 0. The number of benzene rings is 1. The van der Waals surface area contributed by atoms with E-state index in [0.29, 0.717) is 17.8 Å². The highest BCUT2D eigenvalue weighted by molar-refractivity contribution is 7.10. The van der Waals surface area contributed by atoms with Crippen LogP contribution in [-0.4, -0.2) is 18.4 Å². The van der Waals surface area contributed by atoms with Crippen LogP contribution in [0, 0.1) is 0 Å². The number of nitrogens with one attached hydrogen (secondary N) is 2. The van der Waals surface area contributed by atoms with E-state index in [9.17, 15) is 9.59 Å². The summed E-state index contributed by atoms with van der Waals surface area (Å²) in [5.41, 5.74) is 1.23. The largest absolute Gasteiger partial charge is 0.352 e. The standard InChI is InChI=1S/C16H16N2O2S/c1-2-17-16(20)12-5-7-13(8-6-12)18-15(19)10-9-14-4-3-11-21-14/h3-11H,2H2,1H3,(H,17,20)(H,18,19)/b10-9+. The number of rotatable bonds is 5. The zero-order chi connectivity index (χ0) is 15.1. The molecule has 1 heterocycles. The summed E-state index contributed by atoms with van der Waals surface area (Å²) in [6.07, 6.45) is 3.26. The highest BCUT2D eigenvalue weighted by Crippen LogP contribution is 2.12. The molecule has 0 spiro atoms. The molecule has 108 valence electrons. The smallest absolute Gasteiger partial charge is 0.251 e. The van der Waals surface area contributed by atoms with E-state index in [2.05, 4.69) is 10.6 Å². The Morgan fingerprint density at radius 1 is 1.19 bits per heavy atom. The maximum Gasteiger partial charge on any atom is 0.251 e. The van der Waals surface area contributed by atoms with Gasteiger partial charge in [-0.2, -0.15) is 0 Å². The van der Waals surface area contributed by atoms with Crippen molar-refractivity contribution in [3.63, 3.8) is 0 Å². The van der Waals surface area contributed by atoms with Gasteiger partial charge in [0.05, 0.1) is 0 Å². The number of anilines is 1. The molecule has 0 radical (unpaired) electrons. The van der Waals surface area contributed by atoms with Crippen LogP contribution in [0.25, 0.3) is 6.08 Å². The van der Waals surface area contributed by atoms with Crippen molar-refractivity contribution in [2.24, 2.45) is 0 Å². The second kappa shape index (κ2) is 7.40. The minimum atomic E-state index is -0.200. The Morgan fingerprint density at radius 2 is 1.95 bits per heavy atom. The summed E-state index contributed by atoms with van der Waals surface area (Å²) in [7, 11) is 0. The maximum absolute atomic E-state index is 11.8. The van der Waals surface area contributed by atoms with Crippen molar-refractivity contribution >= 4 is 34.9 Å². The van der Waals surface area contributed by atoms with Crippen molar-refractivity contribution < 1.29 is 9.59 Å².